The van der Waals surface area contributed by atoms with Crippen molar-refractivity contribution in [2.45, 2.75) is 38.3 Å². The van der Waals surface area contributed by atoms with Crippen molar-refractivity contribution >= 4 is 50.6 Å². The minimum Gasteiger partial charge on any atom is -0.507 e. The van der Waals surface area contributed by atoms with Gasteiger partial charge in [-0.2, -0.15) is 0 Å². The molecule has 0 saturated heterocycles. The third kappa shape index (κ3) is 5.22. The molecule has 0 aliphatic carbocycles. The Morgan fingerprint density at radius 3 is 2.39 bits per heavy atom. The van der Waals surface area contributed by atoms with Gasteiger partial charge in [0, 0.05) is 16.2 Å². The molecule has 9 nitrogen and oxygen atoms in total. The summed E-state index contributed by atoms with van der Waals surface area (Å²) in [5.41, 5.74) is 11.4. The summed E-state index contributed by atoms with van der Waals surface area (Å²) in [5, 5.41) is 33.2. The number of phenolic OH excluding ortho intramolecular Hbond substituents is 2. The van der Waals surface area contributed by atoms with Gasteiger partial charge in [0.2, 0.25) is 5.91 Å². The third-order valence-electron chi connectivity index (χ3n) is 5.33. The van der Waals surface area contributed by atoms with Gasteiger partial charge in [-0.25, -0.2) is 0 Å². The topological polar surface area (TPSA) is 163 Å². The van der Waals surface area contributed by atoms with Crippen molar-refractivity contribution in [2.75, 3.05) is 6.54 Å². The SMILES string of the molecule is C[C@H](NC(=O)[C@@H](N)CCCCN)C(=O)N=Nc1cccc2c(O)c3c(Cl)cccc3c(O)c12. The zero-order valence-corrected chi connectivity index (χ0v) is 18.8. The number of nitrogens with two attached hydrogens (primary N) is 2. The molecular formula is C23H26ClN5O4. The molecule has 33 heavy (non-hydrogen) atoms. The molecule has 0 saturated carbocycles. The second kappa shape index (κ2) is 10.6. The summed E-state index contributed by atoms with van der Waals surface area (Å²) < 4.78 is 0. The number of amides is 2. The van der Waals surface area contributed by atoms with Crippen LogP contribution >= 0.6 is 11.6 Å². The van der Waals surface area contributed by atoms with Crippen LogP contribution in [0.3, 0.4) is 0 Å². The fourth-order valence-electron chi connectivity index (χ4n) is 3.51. The van der Waals surface area contributed by atoms with E-state index in [-0.39, 0.29) is 27.6 Å². The number of nitrogens with zero attached hydrogens (tertiary/aromatic N) is 2. The highest BCUT2D eigenvalue weighted by molar-refractivity contribution is 6.37. The Kier molecular flexibility index (Phi) is 7.80. The van der Waals surface area contributed by atoms with Crippen LogP contribution in [0.25, 0.3) is 21.5 Å². The van der Waals surface area contributed by atoms with Crippen LogP contribution in [0.4, 0.5) is 5.69 Å². The van der Waals surface area contributed by atoms with Crippen LogP contribution in [-0.4, -0.2) is 40.7 Å². The number of fused-ring (bicyclic) bond motifs is 2. The summed E-state index contributed by atoms with van der Waals surface area (Å²) in [6.07, 6.45) is 1.94. The highest BCUT2D eigenvalue weighted by atomic mass is 35.5. The number of carbonyl (C=O) groups is 2. The average molecular weight is 472 g/mol. The molecule has 174 valence electrons. The number of benzene rings is 3. The molecule has 0 spiro atoms. The van der Waals surface area contributed by atoms with Crippen LogP contribution in [-0.2, 0) is 9.59 Å². The lowest BCUT2D eigenvalue weighted by Crippen LogP contribution is -2.46. The first-order valence-electron chi connectivity index (χ1n) is 10.5. The van der Waals surface area contributed by atoms with Crippen molar-refractivity contribution < 1.29 is 19.8 Å². The number of rotatable bonds is 8. The number of hydrogen-bond donors (Lipinski definition) is 5. The maximum absolute atomic E-state index is 12.4. The van der Waals surface area contributed by atoms with Crippen molar-refractivity contribution in [3.05, 3.63) is 41.4 Å². The Morgan fingerprint density at radius 2 is 1.70 bits per heavy atom. The summed E-state index contributed by atoms with van der Waals surface area (Å²) in [6.45, 7) is 2.00. The van der Waals surface area contributed by atoms with Gasteiger partial charge < -0.3 is 27.0 Å². The van der Waals surface area contributed by atoms with Gasteiger partial charge in [0.15, 0.2) is 0 Å². The average Bonchev–Trinajstić information content (AvgIpc) is 2.80. The zero-order valence-electron chi connectivity index (χ0n) is 18.1. The number of phenols is 2. The van der Waals surface area contributed by atoms with Crippen molar-refractivity contribution in [1.29, 1.82) is 0 Å². The Hall–Kier alpha value is -3.27. The van der Waals surface area contributed by atoms with E-state index in [9.17, 15) is 19.8 Å². The number of halogens is 1. The third-order valence-corrected chi connectivity index (χ3v) is 5.65. The van der Waals surface area contributed by atoms with Gasteiger partial charge in [-0.15, -0.1) is 10.2 Å². The van der Waals surface area contributed by atoms with Crippen molar-refractivity contribution in [3.63, 3.8) is 0 Å². The molecule has 10 heteroatoms. The number of hydrogen-bond acceptors (Lipinski definition) is 7. The van der Waals surface area contributed by atoms with E-state index in [4.69, 9.17) is 23.1 Å². The van der Waals surface area contributed by atoms with E-state index in [0.29, 0.717) is 35.5 Å². The molecule has 0 bridgehead atoms. The fraction of sp³-hybridized carbons (Fsp3) is 0.304. The van der Waals surface area contributed by atoms with E-state index in [0.717, 1.165) is 6.42 Å². The second-order valence-corrected chi connectivity index (χ2v) is 8.13. The standard InChI is InChI=1S/C23H26ClN5O4/c1-12(27-23(33)16(26)9-2-3-11-25)22(32)29-28-17-10-5-7-14-19(17)21(31)13-6-4-8-15(24)18(13)20(14)30/h4-8,10,12,16,30-31H,2-3,9,11,25-26H2,1H3,(H,27,33)/t12-,16-/m0/s1. The smallest absolute Gasteiger partial charge is 0.286 e. The van der Waals surface area contributed by atoms with Gasteiger partial charge >= 0.3 is 0 Å². The Morgan fingerprint density at radius 1 is 1.06 bits per heavy atom. The lowest BCUT2D eigenvalue weighted by Gasteiger charge is -2.15. The molecule has 7 N–H and O–H groups in total. The van der Waals surface area contributed by atoms with E-state index in [2.05, 4.69) is 15.5 Å². The molecule has 3 aromatic rings. The summed E-state index contributed by atoms with van der Waals surface area (Å²) in [7, 11) is 0. The molecule has 3 aromatic carbocycles. The van der Waals surface area contributed by atoms with Crippen LogP contribution in [0, 0.1) is 0 Å². The number of nitrogens with one attached hydrogen (secondary N) is 1. The first-order valence-corrected chi connectivity index (χ1v) is 10.9. The molecule has 0 aliphatic rings. The second-order valence-electron chi connectivity index (χ2n) is 7.72. The van der Waals surface area contributed by atoms with Gasteiger partial charge in [0.05, 0.1) is 22.1 Å². The van der Waals surface area contributed by atoms with Gasteiger partial charge in [-0.05, 0) is 38.4 Å². The first kappa shape index (κ1) is 24.4. The van der Waals surface area contributed by atoms with Crippen molar-refractivity contribution in [1.82, 2.24) is 5.32 Å². The number of unbranched alkanes of at least 4 members (excludes halogenated alkanes) is 1. The van der Waals surface area contributed by atoms with E-state index in [1.165, 1.54) is 6.92 Å². The predicted molar refractivity (Wildman–Crippen MR) is 128 cm³/mol. The van der Waals surface area contributed by atoms with E-state index in [1.807, 2.05) is 0 Å². The molecule has 3 rings (SSSR count). The van der Waals surface area contributed by atoms with Gasteiger partial charge in [0.25, 0.3) is 5.91 Å². The lowest BCUT2D eigenvalue weighted by atomic mass is 9.99. The molecule has 0 unspecified atom stereocenters. The Bertz CT molecular complexity index is 1230. The van der Waals surface area contributed by atoms with Crippen molar-refractivity contribution in [3.8, 4) is 11.5 Å². The first-order chi connectivity index (χ1) is 15.8. The van der Waals surface area contributed by atoms with Crippen molar-refractivity contribution in [2.24, 2.45) is 21.7 Å². The lowest BCUT2D eigenvalue weighted by molar-refractivity contribution is -0.127. The molecule has 2 amide bonds. The molecule has 0 heterocycles. The van der Waals surface area contributed by atoms with Gasteiger partial charge in [-0.3, -0.25) is 9.59 Å². The van der Waals surface area contributed by atoms with Crippen LogP contribution < -0.4 is 16.8 Å². The normalized spacial score (nSPS) is 13.5. The molecule has 2 atom stereocenters. The molecular weight excluding hydrogens is 446 g/mol. The number of azo groups is 1. The molecule has 0 aromatic heterocycles. The summed E-state index contributed by atoms with van der Waals surface area (Å²) in [4.78, 5) is 24.6. The summed E-state index contributed by atoms with van der Waals surface area (Å²) >= 11 is 6.20. The minimum atomic E-state index is -0.946. The molecule has 0 radical (unpaired) electrons. The Labute approximate surface area is 195 Å². The minimum absolute atomic E-state index is 0.115. The Balaban J connectivity index is 1.84. The quantitative estimate of drug-likeness (QED) is 0.146. The highest BCUT2D eigenvalue weighted by Gasteiger charge is 2.21. The highest BCUT2D eigenvalue weighted by Crippen LogP contribution is 2.47. The number of carbonyl (C=O) groups excluding carboxylic acids is 2. The maximum atomic E-state index is 12.4. The predicted octanol–water partition coefficient (Wildman–Crippen LogP) is 3.63. The zero-order chi connectivity index (χ0) is 24.1. The van der Waals surface area contributed by atoms with Crippen LogP contribution in [0.5, 0.6) is 11.5 Å². The molecule has 0 aliphatic heterocycles. The van der Waals surface area contributed by atoms with Gasteiger partial charge in [-0.1, -0.05) is 42.3 Å². The molecule has 0 fully saturated rings. The van der Waals surface area contributed by atoms with E-state index in [1.54, 1.807) is 36.4 Å². The van der Waals surface area contributed by atoms with E-state index < -0.39 is 23.9 Å². The summed E-state index contributed by atoms with van der Waals surface area (Å²) in [6, 6.07) is 7.93. The number of aromatic hydroxyl groups is 2. The van der Waals surface area contributed by atoms with Crippen LogP contribution in [0.2, 0.25) is 5.02 Å². The van der Waals surface area contributed by atoms with E-state index >= 15 is 0 Å². The van der Waals surface area contributed by atoms with Crippen LogP contribution in [0.1, 0.15) is 26.2 Å². The van der Waals surface area contributed by atoms with Crippen LogP contribution in [0.15, 0.2) is 46.6 Å². The van der Waals surface area contributed by atoms with Gasteiger partial charge in [0.1, 0.15) is 17.5 Å². The maximum Gasteiger partial charge on any atom is 0.286 e. The largest absolute Gasteiger partial charge is 0.507 e. The fourth-order valence-corrected chi connectivity index (χ4v) is 3.78. The summed E-state index contributed by atoms with van der Waals surface area (Å²) in [5.74, 6) is -1.41. The monoisotopic (exact) mass is 471 g/mol.